The van der Waals surface area contributed by atoms with Gasteiger partial charge in [0.1, 0.15) is 0 Å². The predicted octanol–water partition coefficient (Wildman–Crippen LogP) is 3.90. The molecule has 2 nitrogen and oxygen atoms in total. The van der Waals surface area contributed by atoms with Gasteiger partial charge >= 0.3 is 0 Å². The topological polar surface area (TPSA) is 40.5 Å². The first-order valence-electron chi connectivity index (χ1n) is 7.59. The van der Waals surface area contributed by atoms with E-state index in [1.54, 1.807) is 0 Å². The summed E-state index contributed by atoms with van der Waals surface area (Å²) in [6, 6.07) is 0. The summed E-state index contributed by atoms with van der Waals surface area (Å²) in [6.45, 7) is 4.27. The maximum absolute atomic E-state index is 10.0. The van der Waals surface area contributed by atoms with Crippen LogP contribution < -0.4 is 0 Å². The quantitative estimate of drug-likeness (QED) is 0.541. The van der Waals surface area contributed by atoms with Crippen LogP contribution in [0.15, 0.2) is 34.9 Å². The molecule has 1 unspecified atom stereocenters. The zero-order valence-corrected chi connectivity index (χ0v) is 12.4. The maximum Gasteiger partial charge on any atom is 0.0938 e. The van der Waals surface area contributed by atoms with Crippen molar-refractivity contribution >= 4 is 0 Å². The highest BCUT2D eigenvalue weighted by molar-refractivity contribution is 5.35. The lowest BCUT2D eigenvalue weighted by molar-refractivity contribution is 0.249. The molecular weight excluding hydrogens is 236 g/mol. The molecule has 108 valence electrons. The molecule has 1 atom stereocenters. The van der Waals surface area contributed by atoms with Crippen molar-refractivity contribution in [1.29, 1.82) is 0 Å². The summed E-state index contributed by atoms with van der Waals surface area (Å²) in [7, 11) is 0. The number of unbranched alkanes of at least 4 members (excludes halogenated alkanes) is 3. The minimum atomic E-state index is -0.537. The van der Waals surface area contributed by atoms with Crippen LogP contribution in [0.4, 0.5) is 0 Å². The molecule has 1 rings (SSSR count). The van der Waals surface area contributed by atoms with E-state index in [0.29, 0.717) is 0 Å². The Morgan fingerprint density at radius 1 is 1.21 bits per heavy atom. The molecule has 0 heterocycles. The van der Waals surface area contributed by atoms with Gasteiger partial charge in [-0.15, -0.1) is 0 Å². The summed E-state index contributed by atoms with van der Waals surface area (Å²) in [5, 5.41) is 19.5. The Labute approximate surface area is 117 Å². The van der Waals surface area contributed by atoms with Gasteiger partial charge in [-0.2, -0.15) is 0 Å². The van der Waals surface area contributed by atoms with Gasteiger partial charge in [-0.05, 0) is 36.8 Å². The molecule has 1 aliphatic carbocycles. The SMILES string of the molecule is CCCCCC/C1=C/C(CO)=C(/CC)C(O)C=CC1. The fourth-order valence-corrected chi connectivity index (χ4v) is 2.59. The van der Waals surface area contributed by atoms with Crippen molar-refractivity contribution < 1.29 is 10.2 Å². The number of aliphatic hydroxyl groups excluding tert-OH is 2. The third kappa shape index (κ3) is 5.33. The molecule has 0 saturated heterocycles. The monoisotopic (exact) mass is 264 g/mol. The highest BCUT2D eigenvalue weighted by atomic mass is 16.3. The first-order chi connectivity index (χ1) is 9.22. The van der Waals surface area contributed by atoms with E-state index in [1.165, 1.54) is 31.3 Å². The standard InChI is InChI=1S/C17H28O2/c1-3-5-6-7-9-14-10-8-11-17(19)16(4-2)15(12-14)13-18/h8,11-12,17-19H,3-7,9-10,13H2,1-2H3/b11-8?,14-12-,16-15+. The lowest BCUT2D eigenvalue weighted by Crippen LogP contribution is -2.12. The Kier molecular flexibility index (Phi) is 7.76. The number of hydrogen-bond donors (Lipinski definition) is 2. The van der Waals surface area contributed by atoms with Gasteiger partial charge in [0.25, 0.3) is 0 Å². The zero-order valence-electron chi connectivity index (χ0n) is 12.4. The molecule has 0 aromatic heterocycles. The number of allylic oxidation sites excluding steroid dienone is 2. The Bertz CT molecular complexity index is 350. The van der Waals surface area contributed by atoms with Crippen molar-refractivity contribution in [3.63, 3.8) is 0 Å². The van der Waals surface area contributed by atoms with Crippen molar-refractivity contribution in [3.8, 4) is 0 Å². The van der Waals surface area contributed by atoms with E-state index >= 15 is 0 Å². The van der Waals surface area contributed by atoms with Crippen LogP contribution in [0, 0.1) is 0 Å². The van der Waals surface area contributed by atoms with Gasteiger partial charge in [-0.25, -0.2) is 0 Å². The average molecular weight is 264 g/mol. The predicted molar refractivity (Wildman–Crippen MR) is 81.0 cm³/mol. The molecule has 0 aromatic rings. The van der Waals surface area contributed by atoms with E-state index in [2.05, 4.69) is 19.1 Å². The molecular formula is C17H28O2. The van der Waals surface area contributed by atoms with Crippen LogP contribution in [0.2, 0.25) is 0 Å². The van der Waals surface area contributed by atoms with E-state index in [4.69, 9.17) is 0 Å². The number of rotatable bonds is 7. The molecule has 0 aromatic carbocycles. The van der Waals surface area contributed by atoms with Gasteiger partial charge in [-0.1, -0.05) is 56.9 Å². The van der Waals surface area contributed by atoms with Crippen LogP contribution in [0.5, 0.6) is 0 Å². The zero-order chi connectivity index (χ0) is 14.1. The molecule has 1 aliphatic rings. The summed E-state index contributed by atoms with van der Waals surface area (Å²) in [5.41, 5.74) is 3.23. The third-order valence-electron chi connectivity index (χ3n) is 3.75. The Morgan fingerprint density at radius 3 is 2.63 bits per heavy atom. The molecule has 2 heteroatoms. The van der Waals surface area contributed by atoms with E-state index < -0.39 is 6.10 Å². The van der Waals surface area contributed by atoms with Crippen LogP contribution in [0.25, 0.3) is 0 Å². The summed E-state index contributed by atoms with van der Waals surface area (Å²) < 4.78 is 0. The van der Waals surface area contributed by atoms with Gasteiger partial charge in [-0.3, -0.25) is 0 Å². The van der Waals surface area contributed by atoms with Crippen LogP contribution in [0.3, 0.4) is 0 Å². The van der Waals surface area contributed by atoms with Gasteiger partial charge in [0.2, 0.25) is 0 Å². The van der Waals surface area contributed by atoms with Crippen LogP contribution in [-0.4, -0.2) is 22.9 Å². The molecule has 0 spiro atoms. The Hall–Kier alpha value is -0.860. The molecule has 0 bridgehead atoms. The van der Waals surface area contributed by atoms with Gasteiger partial charge in [0.05, 0.1) is 12.7 Å². The van der Waals surface area contributed by atoms with Crippen LogP contribution in [0.1, 0.15) is 58.8 Å². The molecule has 2 N–H and O–H groups in total. The summed E-state index contributed by atoms with van der Waals surface area (Å²) in [4.78, 5) is 0. The normalized spacial score (nSPS) is 26.7. The second kappa shape index (κ2) is 9.11. The van der Waals surface area contributed by atoms with Crippen LogP contribution >= 0.6 is 0 Å². The van der Waals surface area contributed by atoms with Crippen molar-refractivity contribution in [1.82, 2.24) is 0 Å². The van der Waals surface area contributed by atoms with E-state index in [1.807, 2.05) is 13.0 Å². The maximum atomic E-state index is 10.0. The molecule has 0 amide bonds. The molecule has 0 saturated carbocycles. The van der Waals surface area contributed by atoms with Crippen LogP contribution in [-0.2, 0) is 0 Å². The highest BCUT2D eigenvalue weighted by Crippen LogP contribution is 2.23. The summed E-state index contributed by atoms with van der Waals surface area (Å²) >= 11 is 0. The lowest BCUT2D eigenvalue weighted by Gasteiger charge is -2.17. The summed E-state index contributed by atoms with van der Waals surface area (Å²) in [5.74, 6) is 0. The van der Waals surface area contributed by atoms with Crippen molar-refractivity contribution in [3.05, 3.63) is 34.9 Å². The smallest absolute Gasteiger partial charge is 0.0938 e. The van der Waals surface area contributed by atoms with Gasteiger partial charge in [0, 0.05) is 0 Å². The minimum Gasteiger partial charge on any atom is -0.392 e. The number of aliphatic hydroxyl groups is 2. The Balaban J connectivity index is 2.78. The molecule has 0 aliphatic heterocycles. The van der Waals surface area contributed by atoms with Gasteiger partial charge < -0.3 is 10.2 Å². The lowest BCUT2D eigenvalue weighted by atomic mass is 9.93. The third-order valence-corrected chi connectivity index (χ3v) is 3.75. The first kappa shape index (κ1) is 16.2. The molecule has 0 radical (unpaired) electrons. The fourth-order valence-electron chi connectivity index (χ4n) is 2.59. The molecule has 19 heavy (non-hydrogen) atoms. The van der Waals surface area contributed by atoms with Crippen molar-refractivity contribution in [2.45, 2.75) is 64.9 Å². The molecule has 0 fully saturated rings. The second-order valence-electron chi connectivity index (χ2n) is 5.25. The Morgan fingerprint density at radius 2 is 2.00 bits per heavy atom. The second-order valence-corrected chi connectivity index (χ2v) is 5.25. The summed E-state index contributed by atoms with van der Waals surface area (Å²) in [6.07, 6.45) is 13.3. The number of hydrogen-bond acceptors (Lipinski definition) is 2. The van der Waals surface area contributed by atoms with Crippen molar-refractivity contribution in [2.75, 3.05) is 6.61 Å². The van der Waals surface area contributed by atoms with E-state index in [9.17, 15) is 10.2 Å². The van der Waals surface area contributed by atoms with Gasteiger partial charge in [0.15, 0.2) is 0 Å². The fraction of sp³-hybridized carbons (Fsp3) is 0.647. The first-order valence-corrected chi connectivity index (χ1v) is 7.59. The minimum absolute atomic E-state index is 0.0204. The largest absolute Gasteiger partial charge is 0.392 e. The van der Waals surface area contributed by atoms with E-state index in [0.717, 1.165) is 30.4 Å². The highest BCUT2D eigenvalue weighted by Gasteiger charge is 2.13. The van der Waals surface area contributed by atoms with Crippen molar-refractivity contribution in [2.24, 2.45) is 0 Å². The average Bonchev–Trinajstić information content (AvgIpc) is 2.40. The van der Waals surface area contributed by atoms with E-state index in [-0.39, 0.29) is 6.61 Å².